The van der Waals surface area contributed by atoms with Crippen molar-refractivity contribution in [3.63, 3.8) is 0 Å². The summed E-state index contributed by atoms with van der Waals surface area (Å²) < 4.78 is 6.79. The van der Waals surface area contributed by atoms with Gasteiger partial charge in [-0.25, -0.2) is 4.79 Å². The molecule has 1 aromatic heterocycles. The lowest BCUT2D eigenvalue weighted by Gasteiger charge is -2.08. The molecule has 1 aromatic carbocycles. The van der Waals surface area contributed by atoms with Crippen LogP contribution in [0.15, 0.2) is 47.5 Å². The lowest BCUT2D eigenvalue weighted by molar-refractivity contribution is 0.0694. The SMILES string of the molecule is COc1ccc(CCn2ccc(=O)c(C(=O)O)c2)cc1. The Bertz CT molecular complexity index is 658. The van der Waals surface area contributed by atoms with Gasteiger partial charge in [0.05, 0.1) is 7.11 Å². The van der Waals surface area contributed by atoms with E-state index in [1.807, 2.05) is 24.3 Å². The minimum Gasteiger partial charge on any atom is -0.497 e. The highest BCUT2D eigenvalue weighted by atomic mass is 16.5. The van der Waals surface area contributed by atoms with Crippen LogP contribution < -0.4 is 10.2 Å². The zero-order valence-corrected chi connectivity index (χ0v) is 11.1. The molecule has 0 spiro atoms. The molecule has 20 heavy (non-hydrogen) atoms. The number of aromatic carboxylic acids is 1. The first kappa shape index (κ1) is 13.9. The summed E-state index contributed by atoms with van der Waals surface area (Å²) in [4.78, 5) is 22.2. The number of ether oxygens (including phenoxy) is 1. The van der Waals surface area contributed by atoms with Crippen LogP contribution in [0.4, 0.5) is 0 Å². The minimum atomic E-state index is -1.20. The Kier molecular flexibility index (Phi) is 4.20. The van der Waals surface area contributed by atoms with Gasteiger partial charge < -0.3 is 14.4 Å². The van der Waals surface area contributed by atoms with Crippen molar-refractivity contribution in [2.24, 2.45) is 0 Å². The predicted octanol–water partition coefficient (Wildman–Crippen LogP) is 1.80. The number of aryl methyl sites for hydroxylation is 2. The van der Waals surface area contributed by atoms with E-state index in [1.165, 1.54) is 12.3 Å². The van der Waals surface area contributed by atoms with Gasteiger partial charge in [-0.2, -0.15) is 0 Å². The zero-order valence-electron chi connectivity index (χ0n) is 11.1. The first-order valence-corrected chi connectivity index (χ1v) is 6.16. The van der Waals surface area contributed by atoms with Gasteiger partial charge in [0.1, 0.15) is 11.3 Å². The Labute approximate surface area is 116 Å². The predicted molar refractivity (Wildman–Crippen MR) is 74.4 cm³/mol. The largest absolute Gasteiger partial charge is 0.497 e. The number of hydrogen-bond acceptors (Lipinski definition) is 3. The van der Waals surface area contributed by atoms with E-state index in [1.54, 1.807) is 17.9 Å². The quantitative estimate of drug-likeness (QED) is 0.902. The summed E-state index contributed by atoms with van der Waals surface area (Å²) in [7, 11) is 1.61. The van der Waals surface area contributed by atoms with E-state index < -0.39 is 11.4 Å². The average molecular weight is 273 g/mol. The number of benzene rings is 1. The van der Waals surface area contributed by atoms with Crippen molar-refractivity contribution in [1.82, 2.24) is 4.57 Å². The van der Waals surface area contributed by atoms with Gasteiger partial charge in [0.25, 0.3) is 0 Å². The maximum atomic E-state index is 11.3. The van der Waals surface area contributed by atoms with E-state index in [2.05, 4.69) is 0 Å². The van der Waals surface area contributed by atoms with Crippen LogP contribution in [-0.2, 0) is 13.0 Å². The molecule has 0 bridgehead atoms. The van der Waals surface area contributed by atoms with Crippen LogP contribution in [-0.4, -0.2) is 22.8 Å². The smallest absolute Gasteiger partial charge is 0.341 e. The summed E-state index contributed by atoms with van der Waals surface area (Å²) in [6.07, 6.45) is 3.71. The summed E-state index contributed by atoms with van der Waals surface area (Å²) in [5, 5.41) is 8.91. The number of aromatic nitrogens is 1. The molecule has 1 heterocycles. The van der Waals surface area contributed by atoms with Gasteiger partial charge in [-0.1, -0.05) is 12.1 Å². The van der Waals surface area contributed by atoms with E-state index in [4.69, 9.17) is 9.84 Å². The molecule has 0 unspecified atom stereocenters. The summed E-state index contributed by atoms with van der Waals surface area (Å²) in [6, 6.07) is 8.95. The molecule has 0 aliphatic rings. The van der Waals surface area contributed by atoms with Gasteiger partial charge >= 0.3 is 5.97 Å². The fourth-order valence-corrected chi connectivity index (χ4v) is 1.88. The number of carboxylic acids is 1. The number of rotatable bonds is 5. The molecule has 0 aliphatic carbocycles. The number of nitrogens with zero attached hydrogens (tertiary/aromatic N) is 1. The molecular formula is C15H15NO4. The topological polar surface area (TPSA) is 68.5 Å². The van der Waals surface area contributed by atoms with Crippen molar-refractivity contribution in [2.75, 3.05) is 7.11 Å². The molecule has 0 radical (unpaired) electrons. The molecule has 0 amide bonds. The molecule has 2 aromatic rings. The second kappa shape index (κ2) is 6.06. The molecule has 0 saturated carbocycles. The average Bonchev–Trinajstić information content (AvgIpc) is 2.46. The molecular weight excluding hydrogens is 258 g/mol. The molecule has 5 heteroatoms. The highest BCUT2D eigenvalue weighted by molar-refractivity contribution is 5.86. The van der Waals surface area contributed by atoms with Gasteiger partial charge in [0, 0.05) is 25.0 Å². The van der Waals surface area contributed by atoms with E-state index >= 15 is 0 Å². The maximum absolute atomic E-state index is 11.3. The molecule has 5 nitrogen and oxygen atoms in total. The second-order valence-corrected chi connectivity index (χ2v) is 4.36. The number of carboxylic acid groups (broad SMARTS) is 1. The normalized spacial score (nSPS) is 10.2. The molecule has 0 saturated heterocycles. The molecule has 0 aliphatic heterocycles. The van der Waals surface area contributed by atoms with Crippen molar-refractivity contribution in [3.05, 3.63) is 64.1 Å². The third-order valence-electron chi connectivity index (χ3n) is 3.03. The molecule has 104 valence electrons. The summed E-state index contributed by atoms with van der Waals surface area (Å²) in [5.41, 5.74) is 0.432. The monoisotopic (exact) mass is 273 g/mol. The van der Waals surface area contributed by atoms with Crippen molar-refractivity contribution in [2.45, 2.75) is 13.0 Å². The first-order valence-electron chi connectivity index (χ1n) is 6.16. The second-order valence-electron chi connectivity index (χ2n) is 4.36. The van der Waals surface area contributed by atoms with Gasteiger partial charge in [-0.05, 0) is 24.1 Å². The highest BCUT2D eigenvalue weighted by Crippen LogP contribution is 2.12. The van der Waals surface area contributed by atoms with Gasteiger partial charge in [0.15, 0.2) is 5.43 Å². The third-order valence-corrected chi connectivity index (χ3v) is 3.03. The Morgan fingerprint density at radius 3 is 2.55 bits per heavy atom. The number of pyridine rings is 1. The lowest BCUT2D eigenvalue weighted by atomic mass is 10.1. The van der Waals surface area contributed by atoms with Gasteiger partial charge in [0.2, 0.25) is 0 Å². The molecule has 2 rings (SSSR count). The number of carbonyl (C=O) groups is 1. The maximum Gasteiger partial charge on any atom is 0.341 e. The summed E-state index contributed by atoms with van der Waals surface area (Å²) >= 11 is 0. The standard InChI is InChI=1S/C15H15NO4/c1-20-12-4-2-11(3-5-12)6-8-16-9-7-14(17)13(10-16)15(18)19/h2-5,7,9-10H,6,8H2,1H3,(H,18,19). The van der Waals surface area contributed by atoms with Crippen molar-refractivity contribution < 1.29 is 14.6 Å². The fourth-order valence-electron chi connectivity index (χ4n) is 1.88. The fraction of sp³-hybridized carbons (Fsp3) is 0.200. The Balaban J connectivity index is 2.08. The Hall–Kier alpha value is -2.56. The van der Waals surface area contributed by atoms with E-state index in [-0.39, 0.29) is 5.56 Å². The molecule has 0 atom stereocenters. The van der Waals surface area contributed by atoms with E-state index in [0.717, 1.165) is 17.7 Å². The third kappa shape index (κ3) is 3.26. The minimum absolute atomic E-state index is 0.206. The Morgan fingerprint density at radius 1 is 1.25 bits per heavy atom. The van der Waals surface area contributed by atoms with Gasteiger partial charge in [-0.15, -0.1) is 0 Å². The van der Waals surface area contributed by atoms with Crippen LogP contribution in [0.2, 0.25) is 0 Å². The van der Waals surface area contributed by atoms with Crippen molar-refractivity contribution >= 4 is 5.97 Å². The van der Waals surface area contributed by atoms with Gasteiger partial charge in [-0.3, -0.25) is 4.79 Å². The summed E-state index contributed by atoms with van der Waals surface area (Å²) in [6.45, 7) is 0.604. The van der Waals surface area contributed by atoms with Crippen LogP contribution in [0.1, 0.15) is 15.9 Å². The molecule has 0 fully saturated rings. The lowest BCUT2D eigenvalue weighted by Crippen LogP contribution is -2.17. The van der Waals surface area contributed by atoms with Crippen LogP contribution in [0.3, 0.4) is 0 Å². The highest BCUT2D eigenvalue weighted by Gasteiger charge is 2.08. The number of methoxy groups -OCH3 is 1. The van der Waals surface area contributed by atoms with Crippen LogP contribution in [0, 0.1) is 0 Å². The van der Waals surface area contributed by atoms with Crippen LogP contribution in [0.25, 0.3) is 0 Å². The van der Waals surface area contributed by atoms with E-state index in [9.17, 15) is 9.59 Å². The Morgan fingerprint density at radius 2 is 1.95 bits per heavy atom. The van der Waals surface area contributed by atoms with E-state index in [0.29, 0.717) is 6.54 Å². The summed E-state index contributed by atoms with van der Waals surface area (Å²) in [5.74, 6) is -0.404. The van der Waals surface area contributed by atoms with Crippen LogP contribution in [0.5, 0.6) is 5.75 Å². The first-order chi connectivity index (χ1) is 9.60. The van der Waals surface area contributed by atoms with Crippen molar-refractivity contribution in [3.8, 4) is 5.75 Å². The van der Waals surface area contributed by atoms with Crippen molar-refractivity contribution in [1.29, 1.82) is 0 Å². The number of hydrogen-bond donors (Lipinski definition) is 1. The molecule has 1 N–H and O–H groups in total. The zero-order chi connectivity index (χ0) is 14.5. The van der Waals surface area contributed by atoms with Crippen LogP contribution >= 0.6 is 0 Å².